The minimum absolute atomic E-state index is 0.150. The van der Waals surface area contributed by atoms with E-state index in [0.29, 0.717) is 23.5 Å². The van der Waals surface area contributed by atoms with Crippen LogP contribution in [-0.2, 0) is 4.74 Å². The van der Waals surface area contributed by atoms with Gasteiger partial charge in [0.15, 0.2) is 0 Å². The molecule has 0 aliphatic heterocycles. The Balaban J connectivity index is 1.64. The molecule has 1 aromatic carbocycles. The molecular weight excluding hydrogens is 312 g/mol. The van der Waals surface area contributed by atoms with Crippen molar-refractivity contribution in [2.24, 2.45) is 11.3 Å². The van der Waals surface area contributed by atoms with Gasteiger partial charge in [-0.05, 0) is 73.3 Å². The lowest BCUT2D eigenvalue weighted by Crippen LogP contribution is -2.14. The Bertz CT molecular complexity index is 709. The van der Waals surface area contributed by atoms with Crippen LogP contribution in [0.2, 0.25) is 0 Å². The van der Waals surface area contributed by atoms with Gasteiger partial charge in [0.2, 0.25) is 0 Å². The van der Waals surface area contributed by atoms with Crippen LogP contribution in [0.4, 0.5) is 0 Å². The summed E-state index contributed by atoms with van der Waals surface area (Å²) in [7, 11) is 0. The average molecular weight is 340 g/mol. The largest absolute Gasteiger partial charge is 0.508 e. The predicted octanol–water partition coefficient (Wildman–Crippen LogP) is 5.41. The fourth-order valence-electron chi connectivity index (χ4n) is 4.15. The molecular formula is C22H28O3. The standard InChI is InChI=1S/C22H28O3/c1-15(2)19-11-13-22(3)12-10-16(4-9-20(19)22)14-25-21(24)17-5-7-18(23)8-6-17/h5-8,10,15,23H,4,9,11-14H2,1-3H3. The molecule has 0 amide bonds. The lowest BCUT2D eigenvalue weighted by Gasteiger charge is -2.26. The third-order valence-electron chi connectivity index (χ3n) is 5.79. The highest BCUT2D eigenvalue weighted by Crippen LogP contribution is 2.51. The Morgan fingerprint density at radius 2 is 1.92 bits per heavy atom. The second-order valence-electron chi connectivity index (χ2n) is 7.91. The normalized spacial score (nSPS) is 23.3. The number of phenolic OH excluding ortho intramolecular Hbond substituents is 1. The Morgan fingerprint density at radius 3 is 2.60 bits per heavy atom. The maximum Gasteiger partial charge on any atom is 0.338 e. The monoisotopic (exact) mass is 340 g/mol. The molecule has 134 valence electrons. The van der Waals surface area contributed by atoms with Gasteiger partial charge >= 0.3 is 5.97 Å². The van der Waals surface area contributed by atoms with Crippen LogP contribution in [0.5, 0.6) is 5.75 Å². The van der Waals surface area contributed by atoms with Gasteiger partial charge in [0.25, 0.3) is 0 Å². The van der Waals surface area contributed by atoms with E-state index in [0.717, 1.165) is 19.3 Å². The molecule has 2 aliphatic carbocycles. The van der Waals surface area contributed by atoms with Crippen LogP contribution in [0.25, 0.3) is 0 Å². The maximum absolute atomic E-state index is 12.1. The number of carbonyl (C=O) groups is 1. The molecule has 1 atom stereocenters. The fourth-order valence-corrected chi connectivity index (χ4v) is 4.15. The number of ether oxygens (including phenoxy) is 1. The number of hydrogen-bond donors (Lipinski definition) is 1. The second kappa shape index (κ2) is 7.07. The topological polar surface area (TPSA) is 46.5 Å². The first-order valence-electron chi connectivity index (χ1n) is 9.25. The van der Waals surface area contributed by atoms with Crippen LogP contribution in [-0.4, -0.2) is 17.7 Å². The molecule has 1 unspecified atom stereocenters. The molecule has 0 saturated heterocycles. The Hall–Kier alpha value is -2.03. The second-order valence-corrected chi connectivity index (χ2v) is 7.91. The van der Waals surface area contributed by atoms with Crippen molar-refractivity contribution in [3.05, 3.63) is 52.6 Å². The van der Waals surface area contributed by atoms with E-state index in [4.69, 9.17) is 4.74 Å². The van der Waals surface area contributed by atoms with E-state index < -0.39 is 0 Å². The van der Waals surface area contributed by atoms with Gasteiger partial charge < -0.3 is 9.84 Å². The zero-order chi connectivity index (χ0) is 18.0. The summed E-state index contributed by atoms with van der Waals surface area (Å²) in [6.07, 6.45) is 7.89. The summed E-state index contributed by atoms with van der Waals surface area (Å²) in [4.78, 5) is 12.1. The number of hydrogen-bond acceptors (Lipinski definition) is 3. The Morgan fingerprint density at radius 1 is 1.20 bits per heavy atom. The third-order valence-corrected chi connectivity index (χ3v) is 5.79. The van der Waals surface area contributed by atoms with Crippen LogP contribution in [0.15, 0.2) is 47.1 Å². The van der Waals surface area contributed by atoms with Crippen LogP contribution in [0.1, 0.15) is 63.2 Å². The van der Waals surface area contributed by atoms with E-state index in [9.17, 15) is 9.90 Å². The summed E-state index contributed by atoms with van der Waals surface area (Å²) in [5.41, 5.74) is 5.29. The van der Waals surface area contributed by atoms with E-state index in [1.807, 2.05) is 0 Å². The van der Waals surface area contributed by atoms with Crippen molar-refractivity contribution in [1.29, 1.82) is 0 Å². The summed E-state index contributed by atoms with van der Waals surface area (Å²) in [6.45, 7) is 7.35. The molecule has 1 aromatic rings. The number of allylic oxidation sites excluding steroid dienone is 3. The number of carbonyl (C=O) groups excluding carboxylic acids is 1. The van der Waals surface area contributed by atoms with Gasteiger partial charge in [0, 0.05) is 0 Å². The van der Waals surface area contributed by atoms with Gasteiger partial charge in [0.1, 0.15) is 12.4 Å². The first-order chi connectivity index (χ1) is 11.9. The number of benzene rings is 1. The van der Waals surface area contributed by atoms with Crippen molar-refractivity contribution < 1.29 is 14.6 Å². The highest BCUT2D eigenvalue weighted by atomic mass is 16.5. The predicted molar refractivity (Wildman–Crippen MR) is 99.5 cm³/mol. The summed E-state index contributed by atoms with van der Waals surface area (Å²) < 4.78 is 5.49. The summed E-state index contributed by atoms with van der Waals surface area (Å²) in [5.74, 6) is 0.446. The maximum atomic E-state index is 12.1. The van der Waals surface area contributed by atoms with Gasteiger partial charge in [-0.15, -0.1) is 0 Å². The lowest BCUT2D eigenvalue weighted by molar-refractivity contribution is 0.0537. The van der Waals surface area contributed by atoms with E-state index in [1.165, 1.54) is 30.5 Å². The molecule has 0 fully saturated rings. The van der Waals surface area contributed by atoms with Crippen molar-refractivity contribution in [2.45, 2.75) is 52.9 Å². The Labute approximate surface area is 150 Å². The molecule has 25 heavy (non-hydrogen) atoms. The molecule has 3 rings (SSSR count). The molecule has 0 bridgehead atoms. The Kier molecular flexibility index (Phi) is 5.03. The van der Waals surface area contributed by atoms with Crippen molar-refractivity contribution in [1.82, 2.24) is 0 Å². The zero-order valence-corrected chi connectivity index (χ0v) is 15.5. The van der Waals surface area contributed by atoms with Gasteiger partial charge in [-0.1, -0.05) is 38.0 Å². The van der Waals surface area contributed by atoms with Gasteiger partial charge in [-0.2, -0.15) is 0 Å². The molecule has 1 N–H and O–H groups in total. The first kappa shape index (κ1) is 17.8. The van der Waals surface area contributed by atoms with Crippen molar-refractivity contribution in [3.63, 3.8) is 0 Å². The van der Waals surface area contributed by atoms with E-state index in [-0.39, 0.29) is 11.7 Å². The zero-order valence-electron chi connectivity index (χ0n) is 15.5. The first-order valence-corrected chi connectivity index (χ1v) is 9.25. The van der Waals surface area contributed by atoms with Gasteiger partial charge in [-0.3, -0.25) is 0 Å². The molecule has 3 heteroatoms. The summed E-state index contributed by atoms with van der Waals surface area (Å²) in [6, 6.07) is 6.18. The quantitative estimate of drug-likeness (QED) is 0.588. The van der Waals surface area contributed by atoms with Crippen LogP contribution in [0.3, 0.4) is 0 Å². The lowest BCUT2D eigenvalue weighted by atomic mass is 9.79. The van der Waals surface area contributed by atoms with Crippen molar-refractivity contribution >= 4 is 5.97 Å². The number of phenols is 1. The third kappa shape index (κ3) is 3.81. The summed E-state index contributed by atoms with van der Waals surface area (Å²) >= 11 is 0. The number of rotatable bonds is 4. The highest BCUT2D eigenvalue weighted by molar-refractivity contribution is 5.89. The van der Waals surface area contributed by atoms with Crippen molar-refractivity contribution in [2.75, 3.05) is 6.61 Å². The van der Waals surface area contributed by atoms with Crippen molar-refractivity contribution in [3.8, 4) is 5.75 Å². The van der Waals surface area contributed by atoms with Gasteiger partial charge in [-0.25, -0.2) is 4.79 Å². The smallest absolute Gasteiger partial charge is 0.338 e. The number of esters is 1. The minimum Gasteiger partial charge on any atom is -0.508 e. The number of aromatic hydroxyl groups is 1. The SMILES string of the molecule is CC(C)C1=C2CCC(COC(=O)c3ccc(O)cc3)=CCC2(C)CC1. The summed E-state index contributed by atoms with van der Waals surface area (Å²) in [5, 5.41) is 9.30. The van der Waals surface area contributed by atoms with Crippen LogP contribution < -0.4 is 0 Å². The molecule has 0 radical (unpaired) electrons. The van der Waals surface area contributed by atoms with E-state index >= 15 is 0 Å². The van der Waals surface area contributed by atoms with E-state index in [2.05, 4.69) is 26.8 Å². The average Bonchev–Trinajstić information content (AvgIpc) is 2.83. The molecule has 0 heterocycles. The molecule has 0 saturated carbocycles. The molecule has 0 spiro atoms. The molecule has 3 nitrogen and oxygen atoms in total. The highest BCUT2D eigenvalue weighted by Gasteiger charge is 2.37. The number of fused-ring (bicyclic) bond motifs is 1. The van der Waals surface area contributed by atoms with E-state index in [1.54, 1.807) is 23.3 Å². The van der Waals surface area contributed by atoms with Gasteiger partial charge in [0.05, 0.1) is 5.56 Å². The molecule has 2 aliphatic rings. The molecule has 0 aromatic heterocycles. The fraction of sp³-hybridized carbons (Fsp3) is 0.500. The minimum atomic E-state index is -0.335. The van der Waals surface area contributed by atoms with Crippen LogP contribution >= 0.6 is 0 Å². The van der Waals surface area contributed by atoms with Crippen LogP contribution in [0, 0.1) is 11.3 Å².